The van der Waals surface area contributed by atoms with Gasteiger partial charge in [-0.3, -0.25) is 0 Å². The maximum absolute atomic E-state index is 12.9. The number of nitrogens with one attached hydrogen (secondary N) is 1. The van der Waals surface area contributed by atoms with Crippen molar-refractivity contribution in [3.05, 3.63) is 30.2 Å². The Kier molecular flexibility index (Phi) is 4.47. The minimum absolute atomic E-state index is 0.264. The van der Waals surface area contributed by atoms with Crippen molar-refractivity contribution in [1.82, 2.24) is 10.2 Å². The van der Waals surface area contributed by atoms with Crippen molar-refractivity contribution in [3.8, 4) is 0 Å². The lowest BCUT2D eigenvalue weighted by Crippen LogP contribution is -2.13. The molecule has 0 saturated carbocycles. The summed E-state index contributed by atoms with van der Waals surface area (Å²) in [4.78, 5) is -1.20. The number of aryl methyl sites for hydroxylation is 1. The summed E-state index contributed by atoms with van der Waals surface area (Å²) in [6.45, 7) is 1.89. The summed E-state index contributed by atoms with van der Waals surface area (Å²) in [6.07, 6.45) is 1.23. The van der Waals surface area contributed by atoms with E-state index in [2.05, 4.69) is 10.2 Å². The first-order valence-electron chi connectivity index (χ1n) is 6.12. The summed E-state index contributed by atoms with van der Waals surface area (Å²) < 4.78 is 65.8. The predicted molar refractivity (Wildman–Crippen MR) is 73.8 cm³/mol. The molecule has 0 amide bonds. The van der Waals surface area contributed by atoms with Gasteiger partial charge in [0.05, 0.1) is 9.79 Å². The zero-order chi connectivity index (χ0) is 16.4. The van der Waals surface area contributed by atoms with Crippen LogP contribution in [-0.2, 0) is 26.7 Å². The fraction of sp³-hybridized carbons (Fsp3) is 0.273. The Morgan fingerprint density at radius 1 is 1.18 bits per heavy atom. The zero-order valence-electron chi connectivity index (χ0n) is 11.4. The van der Waals surface area contributed by atoms with Crippen LogP contribution in [0.2, 0.25) is 0 Å². The molecule has 0 spiro atoms. The molecule has 0 aliphatic rings. The van der Waals surface area contributed by atoms with Crippen LogP contribution in [0.3, 0.4) is 0 Å². The van der Waals surface area contributed by atoms with Gasteiger partial charge in [-0.25, -0.2) is 13.1 Å². The second kappa shape index (κ2) is 6.01. The first-order valence-corrected chi connectivity index (χ1v) is 8.99. The van der Waals surface area contributed by atoms with Gasteiger partial charge in [-0.2, -0.15) is 8.42 Å². The number of aromatic nitrogens is 2. The van der Waals surface area contributed by atoms with Gasteiger partial charge in [0.2, 0.25) is 5.89 Å². The lowest BCUT2D eigenvalue weighted by molar-refractivity contribution is 0.504. The summed E-state index contributed by atoms with van der Waals surface area (Å²) in [5, 5.41) is 7.16. The molecule has 1 aromatic carbocycles. The highest BCUT2D eigenvalue weighted by Crippen LogP contribution is 2.20. The number of hydrogen-bond donors (Lipinski definition) is 1. The monoisotopic (exact) mass is 349 g/mol. The normalized spacial score (nSPS) is 12.3. The molecule has 2 aromatic rings. The second-order valence-corrected chi connectivity index (χ2v) is 7.30. The van der Waals surface area contributed by atoms with Crippen LogP contribution in [0.5, 0.6) is 0 Å². The predicted octanol–water partition coefficient (Wildman–Crippen LogP) is 1.48. The van der Waals surface area contributed by atoms with E-state index in [9.17, 15) is 20.7 Å². The molecule has 8 nitrogen and oxygen atoms in total. The van der Waals surface area contributed by atoms with E-state index in [-0.39, 0.29) is 11.9 Å². The SMILES string of the molecule is CCCc1nnc(NS(=O)(=O)c2cccc(S(=O)(=O)F)c2)o1. The highest BCUT2D eigenvalue weighted by atomic mass is 32.3. The van der Waals surface area contributed by atoms with Gasteiger partial charge in [-0.1, -0.05) is 18.1 Å². The molecule has 120 valence electrons. The molecule has 0 bridgehead atoms. The second-order valence-electron chi connectivity index (χ2n) is 4.27. The lowest BCUT2D eigenvalue weighted by Gasteiger charge is -2.04. The van der Waals surface area contributed by atoms with E-state index < -0.39 is 30.0 Å². The fourth-order valence-electron chi connectivity index (χ4n) is 1.58. The van der Waals surface area contributed by atoms with Crippen LogP contribution in [-0.4, -0.2) is 27.0 Å². The topological polar surface area (TPSA) is 119 Å². The average Bonchev–Trinajstić information content (AvgIpc) is 2.85. The molecule has 0 aliphatic heterocycles. The Balaban J connectivity index is 2.30. The standard InChI is InChI=1S/C11H12FN3O5S2/c1-2-4-10-13-14-11(20-10)15-22(18,19)9-6-3-5-8(7-9)21(12,16)17/h3,5-7H,2,4H2,1H3,(H,14,15). The Labute approximate surface area is 126 Å². The third-order valence-electron chi connectivity index (χ3n) is 2.55. The summed E-state index contributed by atoms with van der Waals surface area (Å²) in [7, 11) is -9.18. The van der Waals surface area contributed by atoms with Gasteiger partial charge in [0, 0.05) is 6.42 Å². The largest absolute Gasteiger partial charge is 0.407 e. The van der Waals surface area contributed by atoms with E-state index in [0.29, 0.717) is 12.5 Å². The van der Waals surface area contributed by atoms with Gasteiger partial charge in [0.15, 0.2) is 0 Å². The molecular weight excluding hydrogens is 337 g/mol. The third kappa shape index (κ3) is 3.80. The number of sulfonamides is 1. The Hall–Kier alpha value is -2.01. The van der Waals surface area contributed by atoms with Crippen molar-refractivity contribution in [2.45, 2.75) is 29.6 Å². The molecule has 0 fully saturated rings. The van der Waals surface area contributed by atoms with E-state index in [1.807, 2.05) is 11.6 Å². The van der Waals surface area contributed by atoms with Crippen LogP contribution in [0.1, 0.15) is 19.2 Å². The fourth-order valence-corrected chi connectivity index (χ4v) is 3.13. The highest BCUT2D eigenvalue weighted by molar-refractivity contribution is 7.92. The van der Waals surface area contributed by atoms with E-state index in [1.165, 1.54) is 0 Å². The first kappa shape index (κ1) is 16.4. The molecule has 22 heavy (non-hydrogen) atoms. The molecule has 0 aliphatic carbocycles. The van der Waals surface area contributed by atoms with Gasteiger partial charge in [-0.05, 0) is 24.6 Å². The number of halogens is 1. The maximum atomic E-state index is 12.9. The third-order valence-corrected chi connectivity index (χ3v) is 4.68. The van der Waals surface area contributed by atoms with Crippen molar-refractivity contribution in [1.29, 1.82) is 0 Å². The van der Waals surface area contributed by atoms with Gasteiger partial charge in [0.1, 0.15) is 0 Å². The van der Waals surface area contributed by atoms with Crippen molar-refractivity contribution in [2.24, 2.45) is 0 Å². The number of hydrogen-bond acceptors (Lipinski definition) is 7. The summed E-state index contributed by atoms with van der Waals surface area (Å²) >= 11 is 0. The summed E-state index contributed by atoms with van der Waals surface area (Å²) in [6, 6.07) is 3.51. The summed E-state index contributed by atoms with van der Waals surface area (Å²) in [5.74, 6) is 0.264. The van der Waals surface area contributed by atoms with E-state index in [1.54, 1.807) is 0 Å². The Morgan fingerprint density at radius 3 is 2.50 bits per heavy atom. The minimum Gasteiger partial charge on any atom is -0.407 e. The minimum atomic E-state index is -5.01. The highest BCUT2D eigenvalue weighted by Gasteiger charge is 2.21. The van der Waals surface area contributed by atoms with Crippen LogP contribution in [0.25, 0.3) is 0 Å². The van der Waals surface area contributed by atoms with E-state index >= 15 is 0 Å². The molecule has 1 N–H and O–H groups in total. The molecule has 1 aromatic heterocycles. The van der Waals surface area contributed by atoms with E-state index in [4.69, 9.17) is 4.42 Å². The van der Waals surface area contributed by atoms with Crippen LogP contribution >= 0.6 is 0 Å². The number of benzene rings is 1. The van der Waals surface area contributed by atoms with Crippen LogP contribution in [0.4, 0.5) is 9.90 Å². The van der Waals surface area contributed by atoms with Crippen LogP contribution in [0, 0.1) is 0 Å². The van der Waals surface area contributed by atoms with Gasteiger partial charge in [-0.15, -0.1) is 8.98 Å². The molecule has 1 heterocycles. The van der Waals surface area contributed by atoms with Crippen LogP contribution < -0.4 is 4.72 Å². The Morgan fingerprint density at radius 2 is 1.86 bits per heavy atom. The number of anilines is 1. The molecule has 11 heteroatoms. The van der Waals surface area contributed by atoms with Crippen molar-refractivity contribution in [2.75, 3.05) is 4.72 Å². The van der Waals surface area contributed by atoms with E-state index in [0.717, 1.165) is 24.6 Å². The van der Waals surface area contributed by atoms with Crippen molar-refractivity contribution >= 4 is 26.3 Å². The maximum Gasteiger partial charge on any atom is 0.332 e. The molecule has 0 unspecified atom stereocenters. The summed E-state index contributed by atoms with van der Waals surface area (Å²) in [5.41, 5.74) is 0. The van der Waals surface area contributed by atoms with Crippen LogP contribution in [0.15, 0.2) is 38.5 Å². The number of rotatable bonds is 6. The quantitative estimate of drug-likeness (QED) is 0.784. The average molecular weight is 349 g/mol. The van der Waals surface area contributed by atoms with Gasteiger partial charge >= 0.3 is 16.2 Å². The lowest BCUT2D eigenvalue weighted by atomic mass is 10.3. The molecular formula is C11H12FN3O5S2. The van der Waals surface area contributed by atoms with Crippen molar-refractivity contribution in [3.63, 3.8) is 0 Å². The molecule has 0 saturated heterocycles. The molecule has 0 atom stereocenters. The van der Waals surface area contributed by atoms with Gasteiger partial charge in [0.25, 0.3) is 10.0 Å². The zero-order valence-corrected chi connectivity index (χ0v) is 13.0. The first-order chi connectivity index (χ1) is 10.2. The number of nitrogens with zero attached hydrogens (tertiary/aromatic N) is 2. The molecule has 2 rings (SSSR count). The molecule has 0 radical (unpaired) electrons. The smallest absolute Gasteiger partial charge is 0.332 e. The van der Waals surface area contributed by atoms with Crippen molar-refractivity contribution < 1.29 is 25.1 Å². The van der Waals surface area contributed by atoms with Gasteiger partial charge < -0.3 is 4.42 Å². The Bertz CT molecular complexity index is 877.